The van der Waals surface area contributed by atoms with Gasteiger partial charge in [0.2, 0.25) is 0 Å². The molecular formula is C16H21F4N3O6S. The van der Waals surface area contributed by atoms with Crippen LogP contribution in [0.1, 0.15) is 12.8 Å². The lowest BCUT2D eigenvalue weighted by Gasteiger charge is -2.38. The van der Waals surface area contributed by atoms with Crippen LogP contribution in [0.15, 0.2) is 18.3 Å². The quantitative estimate of drug-likeness (QED) is 0.676. The molecule has 1 aromatic heterocycles. The number of morpholine rings is 1. The summed E-state index contributed by atoms with van der Waals surface area (Å²) in [5.74, 6) is -3.37. The van der Waals surface area contributed by atoms with Crippen molar-refractivity contribution in [2.24, 2.45) is 0 Å². The summed E-state index contributed by atoms with van der Waals surface area (Å²) in [6.07, 6.45) is -3.26. The van der Waals surface area contributed by atoms with Crippen molar-refractivity contribution in [1.82, 2.24) is 13.6 Å². The molecule has 0 aromatic carbocycles. The molecular weight excluding hydrogens is 438 g/mol. The molecule has 1 saturated heterocycles. The first kappa shape index (κ1) is 24.2. The van der Waals surface area contributed by atoms with Crippen molar-refractivity contribution in [3.63, 3.8) is 0 Å². The summed E-state index contributed by atoms with van der Waals surface area (Å²) in [7, 11) is -0.505. The highest BCUT2D eigenvalue weighted by atomic mass is 32.2. The van der Waals surface area contributed by atoms with Gasteiger partial charge in [-0.2, -0.15) is 30.2 Å². The van der Waals surface area contributed by atoms with Crippen LogP contribution < -0.4 is 4.74 Å². The van der Waals surface area contributed by atoms with E-state index in [0.717, 1.165) is 0 Å². The molecule has 2 aliphatic rings. The van der Waals surface area contributed by atoms with Crippen LogP contribution in [-0.4, -0.2) is 84.8 Å². The summed E-state index contributed by atoms with van der Waals surface area (Å²) in [5, 5.41) is 7.12. The lowest BCUT2D eigenvalue weighted by molar-refractivity contribution is -0.192. The molecule has 1 N–H and O–H groups in total. The number of carboxylic acid groups (broad SMARTS) is 1. The predicted molar refractivity (Wildman–Crippen MR) is 94.4 cm³/mol. The summed E-state index contributed by atoms with van der Waals surface area (Å²) in [6.45, 7) is 0.602. The average molecular weight is 459 g/mol. The third-order valence-corrected chi connectivity index (χ3v) is 6.44. The molecule has 1 aliphatic heterocycles. The number of ether oxygens (including phenoxy) is 2. The van der Waals surface area contributed by atoms with E-state index < -0.39 is 40.4 Å². The molecule has 0 unspecified atom stereocenters. The van der Waals surface area contributed by atoms with Crippen LogP contribution in [0.4, 0.5) is 17.6 Å². The number of aromatic nitrogens is 1. The first-order valence-electron chi connectivity index (χ1n) is 8.74. The summed E-state index contributed by atoms with van der Waals surface area (Å²) < 4.78 is 84.3. The number of rotatable bonds is 4. The maximum Gasteiger partial charge on any atom is 0.490 e. The Morgan fingerprint density at radius 3 is 2.53 bits per heavy atom. The van der Waals surface area contributed by atoms with Gasteiger partial charge < -0.3 is 14.6 Å². The molecule has 3 atom stereocenters. The Kier molecular flexibility index (Phi) is 7.60. The summed E-state index contributed by atoms with van der Waals surface area (Å²) in [6, 6.07) is 2.47. The number of carboxylic acids is 1. The van der Waals surface area contributed by atoms with Gasteiger partial charge in [-0.1, -0.05) is 0 Å². The van der Waals surface area contributed by atoms with Crippen molar-refractivity contribution in [1.29, 1.82) is 0 Å². The molecule has 170 valence electrons. The lowest BCUT2D eigenvalue weighted by Crippen LogP contribution is -2.56. The Morgan fingerprint density at radius 1 is 1.37 bits per heavy atom. The van der Waals surface area contributed by atoms with Crippen LogP contribution in [0.25, 0.3) is 0 Å². The molecule has 14 heteroatoms. The molecule has 0 bridgehead atoms. The van der Waals surface area contributed by atoms with Crippen molar-refractivity contribution in [3.05, 3.63) is 24.1 Å². The molecule has 1 aliphatic carbocycles. The minimum Gasteiger partial charge on any atom is -0.475 e. The fraction of sp³-hybridized carbons (Fsp3) is 0.625. The second kappa shape index (κ2) is 9.41. The predicted octanol–water partition coefficient (Wildman–Crippen LogP) is 1.27. The van der Waals surface area contributed by atoms with E-state index in [-0.39, 0.29) is 11.9 Å². The minimum atomic E-state index is -5.08. The van der Waals surface area contributed by atoms with Gasteiger partial charge in [-0.25, -0.2) is 14.2 Å². The van der Waals surface area contributed by atoms with E-state index in [2.05, 4.69) is 4.98 Å². The van der Waals surface area contributed by atoms with Gasteiger partial charge in [-0.15, -0.1) is 0 Å². The molecule has 9 nitrogen and oxygen atoms in total. The van der Waals surface area contributed by atoms with Gasteiger partial charge in [0.25, 0.3) is 16.1 Å². The highest BCUT2D eigenvalue weighted by molar-refractivity contribution is 7.86. The van der Waals surface area contributed by atoms with Gasteiger partial charge in [0.05, 0.1) is 12.6 Å². The Bertz CT molecular complexity index is 852. The Morgan fingerprint density at radius 2 is 2.00 bits per heavy atom. The maximum absolute atomic E-state index is 13.7. The molecule has 0 radical (unpaired) electrons. The van der Waals surface area contributed by atoms with E-state index in [1.165, 1.54) is 41.0 Å². The monoisotopic (exact) mass is 459 g/mol. The van der Waals surface area contributed by atoms with Crippen molar-refractivity contribution in [3.8, 4) is 5.88 Å². The molecule has 3 rings (SSSR count). The second-order valence-corrected chi connectivity index (χ2v) is 8.73. The minimum absolute atomic E-state index is 0.0747. The van der Waals surface area contributed by atoms with E-state index in [1.54, 1.807) is 0 Å². The van der Waals surface area contributed by atoms with Gasteiger partial charge in [-0.05, 0) is 25.0 Å². The number of hydrogen-bond donors (Lipinski definition) is 1. The van der Waals surface area contributed by atoms with Crippen molar-refractivity contribution >= 4 is 16.2 Å². The number of carbonyl (C=O) groups is 1. The number of pyridine rings is 1. The zero-order valence-corrected chi connectivity index (χ0v) is 16.9. The van der Waals surface area contributed by atoms with Gasteiger partial charge >= 0.3 is 12.1 Å². The summed E-state index contributed by atoms with van der Waals surface area (Å²) in [4.78, 5) is 12.8. The second-order valence-electron chi connectivity index (χ2n) is 6.63. The Labute approximate surface area is 170 Å². The first-order chi connectivity index (χ1) is 13.9. The zero-order chi connectivity index (χ0) is 22.7. The molecule has 0 amide bonds. The molecule has 1 aromatic rings. The molecule has 30 heavy (non-hydrogen) atoms. The highest BCUT2D eigenvalue weighted by Gasteiger charge is 2.48. The summed E-state index contributed by atoms with van der Waals surface area (Å²) in [5.41, 5.74) is 0. The molecule has 1 saturated carbocycles. The number of fused-ring (bicyclic) bond motifs is 1. The smallest absolute Gasteiger partial charge is 0.475 e. The zero-order valence-electron chi connectivity index (χ0n) is 16.0. The molecule has 2 fully saturated rings. The van der Waals surface area contributed by atoms with Gasteiger partial charge in [0, 0.05) is 26.8 Å². The van der Waals surface area contributed by atoms with Gasteiger partial charge in [0.15, 0.2) is 5.82 Å². The standard InChI is InChI=1S/C14H20FN3O4S.C2HF3O2/c1-17(2)23(19,20)18-8-9-21-13-11(18)5-6-12(13)22-14-10(15)4-3-7-16-14;3-2(4,5)1(6)7/h3-4,7,11-13H,5-6,8-9H2,1-2H3;(H,6,7)/t11-,12-,13+;/m0./s1. The summed E-state index contributed by atoms with van der Waals surface area (Å²) >= 11 is 0. The Hall–Kier alpha value is -2.03. The fourth-order valence-corrected chi connectivity index (χ4v) is 4.40. The first-order valence-corrected chi connectivity index (χ1v) is 10.1. The van der Waals surface area contributed by atoms with Gasteiger partial charge in [0.1, 0.15) is 12.2 Å². The van der Waals surface area contributed by atoms with Crippen LogP contribution >= 0.6 is 0 Å². The van der Waals surface area contributed by atoms with E-state index >= 15 is 0 Å². The topological polar surface area (TPSA) is 109 Å². The maximum atomic E-state index is 13.7. The normalized spacial score (nSPS) is 24.7. The van der Waals surface area contributed by atoms with E-state index in [9.17, 15) is 26.0 Å². The highest BCUT2D eigenvalue weighted by Crippen LogP contribution is 2.34. The number of halogens is 4. The fourth-order valence-electron chi connectivity index (χ4n) is 3.11. The number of nitrogens with zero attached hydrogens (tertiary/aromatic N) is 3. The SMILES string of the molecule is CN(C)S(=O)(=O)N1CCO[C@H]2[C@@H](Oc3ncccc3F)CC[C@@H]21.O=C(O)C(F)(F)F. The van der Waals surface area contributed by atoms with E-state index in [1.807, 2.05) is 0 Å². The number of hydrogen-bond acceptors (Lipinski definition) is 6. The van der Waals surface area contributed by atoms with Crippen molar-refractivity contribution in [2.75, 3.05) is 27.2 Å². The van der Waals surface area contributed by atoms with Crippen molar-refractivity contribution < 1.29 is 45.4 Å². The number of alkyl halides is 3. The Balaban J connectivity index is 0.000000396. The third kappa shape index (κ3) is 5.56. The molecule has 0 spiro atoms. The van der Waals surface area contributed by atoms with E-state index in [4.69, 9.17) is 19.4 Å². The number of aliphatic carboxylic acids is 1. The van der Waals surface area contributed by atoms with Crippen LogP contribution in [0.3, 0.4) is 0 Å². The van der Waals surface area contributed by atoms with Crippen molar-refractivity contribution in [2.45, 2.75) is 37.3 Å². The van der Waals surface area contributed by atoms with Crippen LogP contribution in [-0.2, 0) is 19.7 Å². The average Bonchev–Trinajstić information content (AvgIpc) is 3.06. The third-order valence-electron chi connectivity index (χ3n) is 4.47. The van der Waals surface area contributed by atoms with Crippen LogP contribution in [0.5, 0.6) is 5.88 Å². The van der Waals surface area contributed by atoms with Gasteiger partial charge in [-0.3, -0.25) is 0 Å². The largest absolute Gasteiger partial charge is 0.490 e. The van der Waals surface area contributed by atoms with E-state index in [0.29, 0.717) is 26.0 Å². The molecule has 2 heterocycles. The lowest BCUT2D eigenvalue weighted by atomic mass is 10.1. The van der Waals surface area contributed by atoms with Crippen LogP contribution in [0, 0.1) is 5.82 Å². The van der Waals surface area contributed by atoms with Crippen LogP contribution in [0.2, 0.25) is 0 Å².